The van der Waals surface area contributed by atoms with Crippen LogP contribution in [0.1, 0.15) is 58.8 Å². The molecule has 0 radical (unpaired) electrons. The molecule has 1 nitrogen and oxygen atoms in total. The van der Waals surface area contributed by atoms with Gasteiger partial charge in [-0.2, -0.15) is 0 Å². The Hall–Kier alpha value is -0.0400. The second kappa shape index (κ2) is 4.65. The molecule has 1 unspecified atom stereocenters. The van der Waals surface area contributed by atoms with Gasteiger partial charge >= 0.3 is 0 Å². The van der Waals surface area contributed by atoms with Gasteiger partial charge in [-0.3, -0.25) is 0 Å². The maximum Gasteiger partial charge on any atom is 0.00695 e. The molecule has 2 aliphatic carbocycles. The Balaban J connectivity index is 1.72. The van der Waals surface area contributed by atoms with Crippen molar-refractivity contribution in [2.75, 3.05) is 0 Å². The van der Waals surface area contributed by atoms with Gasteiger partial charge in [-0.25, -0.2) is 0 Å². The predicted molar refractivity (Wildman–Crippen MR) is 61.4 cm³/mol. The zero-order chi connectivity index (χ0) is 9.97. The van der Waals surface area contributed by atoms with Crippen molar-refractivity contribution in [2.24, 2.45) is 11.8 Å². The first-order chi connectivity index (χ1) is 6.77. The van der Waals surface area contributed by atoms with Gasteiger partial charge < -0.3 is 5.32 Å². The largest absolute Gasteiger partial charge is 0.311 e. The van der Waals surface area contributed by atoms with Crippen molar-refractivity contribution in [1.29, 1.82) is 0 Å². The second-order valence-electron chi connectivity index (χ2n) is 5.48. The molecule has 0 aromatic heterocycles. The van der Waals surface area contributed by atoms with Gasteiger partial charge in [0.05, 0.1) is 0 Å². The summed E-state index contributed by atoms with van der Waals surface area (Å²) in [6.07, 6.45) is 10.3. The summed E-state index contributed by atoms with van der Waals surface area (Å²) in [5.41, 5.74) is 0. The number of hydrogen-bond donors (Lipinski definition) is 1. The summed E-state index contributed by atoms with van der Waals surface area (Å²) in [6.45, 7) is 4.77. The summed E-state index contributed by atoms with van der Waals surface area (Å²) in [5, 5.41) is 3.81. The fourth-order valence-corrected chi connectivity index (χ4v) is 2.92. The van der Waals surface area contributed by atoms with Crippen LogP contribution in [0.2, 0.25) is 0 Å². The lowest BCUT2D eigenvalue weighted by atomic mass is 9.84. The molecule has 2 aliphatic rings. The van der Waals surface area contributed by atoms with E-state index in [4.69, 9.17) is 0 Å². The van der Waals surface area contributed by atoms with Crippen molar-refractivity contribution < 1.29 is 0 Å². The fourth-order valence-electron chi connectivity index (χ4n) is 2.92. The molecule has 1 N–H and O–H groups in total. The van der Waals surface area contributed by atoms with Crippen LogP contribution in [0, 0.1) is 11.8 Å². The molecule has 0 aromatic rings. The summed E-state index contributed by atoms with van der Waals surface area (Å²) >= 11 is 0. The van der Waals surface area contributed by atoms with E-state index in [2.05, 4.69) is 19.2 Å². The van der Waals surface area contributed by atoms with E-state index in [0.29, 0.717) is 0 Å². The van der Waals surface area contributed by atoms with E-state index in [0.717, 1.165) is 23.9 Å². The summed E-state index contributed by atoms with van der Waals surface area (Å²) in [6, 6.07) is 1.53. The summed E-state index contributed by atoms with van der Waals surface area (Å²) in [5.74, 6) is 1.96. The molecule has 0 saturated heterocycles. The first kappa shape index (κ1) is 10.5. The van der Waals surface area contributed by atoms with Crippen LogP contribution in [0.4, 0.5) is 0 Å². The highest BCUT2D eigenvalue weighted by atomic mass is 15.0. The Labute approximate surface area is 88.7 Å². The highest BCUT2D eigenvalue weighted by Gasteiger charge is 2.30. The van der Waals surface area contributed by atoms with Crippen molar-refractivity contribution in [3.8, 4) is 0 Å². The minimum Gasteiger partial charge on any atom is -0.311 e. The van der Waals surface area contributed by atoms with Crippen molar-refractivity contribution in [2.45, 2.75) is 70.9 Å². The Bertz CT molecular complexity index is 168. The van der Waals surface area contributed by atoms with E-state index in [-0.39, 0.29) is 0 Å². The van der Waals surface area contributed by atoms with Crippen LogP contribution in [0.25, 0.3) is 0 Å². The Morgan fingerprint density at radius 1 is 0.786 bits per heavy atom. The molecule has 1 heteroatoms. The van der Waals surface area contributed by atoms with Crippen molar-refractivity contribution in [1.82, 2.24) is 5.32 Å². The molecule has 2 atom stereocenters. The zero-order valence-electron chi connectivity index (χ0n) is 9.76. The van der Waals surface area contributed by atoms with E-state index in [1.54, 1.807) is 0 Å². The van der Waals surface area contributed by atoms with Crippen LogP contribution in [-0.4, -0.2) is 12.1 Å². The van der Waals surface area contributed by atoms with Crippen LogP contribution < -0.4 is 5.32 Å². The van der Waals surface area contributed by atoms with Gasteiger partial charge in [0, 0.05) is 12.1 Å². The SMILES string of the molecule is CC(N[C@H](C)C1CCCCC1)C1CC1. The highest BCUT2D eigenvalue weighted by Crippen LogP contribution is 2.33. The lowest BCUT2D eigenvalue weighted by molar-refractivity contribution is 0.261. The number of rotatable bonds is 4. The molecule has 82 valence electrons. The molecule has 2 saturated carbocycles. The van der Waals surface area contributed by atoms with E-state index < -0.39 is 0 Å². The molecule has 0 bridgehead atoms. The first-order valence-corrected chi connectivity index (χ1v) is 6.53. The zero-order valence-corrected chi connectivity index (χ0v) is 9.76. The van der Waals surface area contributed by atoms with E-state index in [1.165, 1.54) is 44.9 Å². The van der Waals surface area contributed by atoms with Crippen LogP contribution in [0.5, 0.6) is 0 Å². The average Bonchev–Trinajstić information content (AvgIpc) is 3.02. The molecule has 0 spiro atoms. The summed E-state index contributed by atoms with van der Waals surface area (Å²) < 4.78 is 0. The van der Waals surface area contributed by atoms with E-state index in [9.17, 15) is 0 Å². The first-order valence-electron chi connectivity index (χ1n) is 6.53. The minimum absolute atomic E-state index is 0.755. The van der Waals surface area contributed by atoms with Crippen molar-refractivity contribution >= 4 is 0 Å². The molecule has 0 heterocycles. The standard InChI is InChI=1S/C13H25N/c1-10(12-6-4-3-5-7-12)14-11(2)13-8-9-13/h10-14H,3-9H2,1-2H3/t10-,11?/m1/s1. The lowest BCUT2D eigenvalue weighted by Crippen LogP contribution is -2.41. The third-order valence-electron chi connectivity index (χ3n) is 4.21. The van der Waals surface area contributed by atoms with E-state index >= 15 is 0 Å². The van der Waals surface area contributed by atoms with Gasteiger partial charge in [-0.15, -0.1) is 0 Å². The highest BCUT2D eigenvalue weighted by molar-refractivity contribution is 4.86. The molecule has 0 amide bonds. The summed E-state index contributed by atoms with van der Waals surface area (Å²) in [4.78, 5) is 0. The van der Waals surface area contributed by atoms with Crippen molar-refractivity contribution in [3.05, 3.63) is 0 Å². The fraction of sp³-hybridized carbons (Fsp3) is 1.00. The lowest BCUT2D eigenvalue weighted by Gasteiger charge is -2.30. The van der Waals surface area contributed by atoms with Crippen LogP contribution >= 0.6 is 0 Å². The maximum atomic E-state index is 3.81. The molecule has 14 heavy (non-hydrogen) atoms. The maximum absolute atomic E-state index is 3.81. The van der Waals surface area contributed by atoms with Gasteiger partial charge in [0.2, 0.25) is 0 Å². The molecular weight excluding hydrogens is 170 g/mol. The Kier molecular flexibility index (Phi) is 3.48. The Morgan fingerprint density at radius 2 is 1.29 bits per heavy atom. The van der Waals surface area contributed by atoms with Crippen LogP contribution in [0.3, 0.4) is 0 Å². The normalized spacial score (nSPS) is 28.7. The van der Waals surface area contributed by atoms with Crippen LogP contribution in [-0.2, 0) is 0 Å². The topological polar surface area (TPSA) is 12.0 Å². The van der Waals surface area contributed by atoms with Gasteiger partial charge in [0.1, 0.15) is 0 Å². The molecular formula is C13H25N. The molecule has 0 aromatic carbocycles. The quantitative estimate of drug-likeness (QED) is 0.725. The van der Waals surface area contributed by atoms with Gasteiger partial charge in [0.25, 0.3) is 0 Å². The third kappa shape index (κ3) is 2.73. The van der Waals surface area contributed by atoms with Crippen LogP contribution in [0.15, 0.2) is 0 Å². The van der Waals surface area contributed by atoms with E-state index in [1.807, 2.05) is 0 Å². The monoisotopic (exact) mass is 195 g/mol. The van der Waals surface area contributed by atoms with Crippen molar-refractivity contribution in [3.63, 3.8) is 0 Å². The average molecular weight is 195 g/mol. The summed E-state index contributed by atoms with van der Waals surface area (Å²) in [7, 11) is 0. The Morgan fingerprint density at radius 3 is 1.79 bits per heavy atom. The smallest absolute Gasteiger partial charge is 0.00695 e. The number of hydrogen-bond acceptors (Lipinski definition) is 1. The molecule has 2 fully saturated rings. The van der Waals surface area contributed by atoms with Gasteiger partial charge in [-0.1, -0.05) is 19.3 Å². The minimum atomic E-state index is 0.755. The van der Waals surface area contributed by atoms with Gasteiger partial charge in [0.15, 0.2) is 0 Å². The third-order valence-corrected chi connectivity index (χ3v) is 4.21. The van der Waals surface area contributed by atoms with Gasteiger partial charge in [-0.05, 0) is 51.4 Å². The second-order valence-corrected chi connectivity index (χ2v) is 5.48. The number of nitrogens with one attached hydrogen (secondary N) is 1. The molecule has 2 rings (SSSR count). The predicted octanol–water partition coefficient (Wildman–Crippen LogP) is 3.34. The molecule has 0 aliphatic heterocycles.